The summed E-state index contributed by atoms with van der Waals surface area (Å²) in [5.74, 6) is -2.61. The summed E-state index contributed by atoms with van der Waals surface area (Å²) in [7, 11) is 2.33. The Kier molecular flexibility index (Phi) is 5.38. The second-order valence-electron chi connectivity index (χ2n) is 5.03. The fourth-order valence-electron chi connectivity index (χ4n) is 2.44. The van der Waals surface area contributed by atoms with Gasteiger partial charge >= 0.3 is 11.9 Å². The number of benzene rings is 1. The van der Waals surface area contributed by atoms with Gasteiger partial charge in [-0.3, -0.25) is 15.5 Å². The zero-order valence-corrected chi connectivity index (χ0v) is 14.3. The molecule has 2 rings (SSSR count). The van der Waals surface area contributed by atoms with Gasteiger partial charge < -0.3 is 9.47 Å². The average molecular weight is 368 g/mol. The first-order valence-electron chi connectivity index (χ1n) is 6.96. The van der Waals surface area contributed by atoms with Gasteiger partial charge in [-0.2, -0.15) is 5.10 Å². The first-order valence-corrected chi connectivity index (χ1v) is 7.34. The maximum Gasteiger partial charge on any atom is 0.355 e. The van der Waals surface area contributed by atoms with Crippen LogP contribution in [0.5, 0.6) is 0 Å². The Morgan fingerprint density at radius 3 is 2.48 bits per heavy atom. The third kappa shape index (κ3) is 3.45. The number of nitrogens with zero attached hydrogens (tertiary/aromatic N) is 2. The zero-order chi connectivity index (χ0) is 18.7. The number of rotatable bonds is 4. The second kappa shape index (κ2) is 7.31. The Morgan fingerprint density at radius 2 is 1.92 bits per heavy atom. The molecule has 0 saturated heterocycles. The summed E-state index contributed by atoms with van der Waals surface area (Å²) in [5, 5.41) is 15.1. The number of esters is 2. The van der Waals surface area contributed by atoms with Crippen LogP contribution in [0.1, 0.15) is 18.4 Å². The monoisotopic (exact) mass is 367 g/mol. The van der Waals surface area contributed by atoms with E-state index in [0.717, 1.165) is 7.11 Å². The molecule has 0 bridgehead atoms. The Morgan fingerprint density at radius 1 is 1.28 bits per heavy atom. The number of hydrazone groups is 1. The number of ether oxygens (including phenoxy) is 2. The summed E-state index contributed by atoms with van der Waals surface area (Å²) in [4.78, 5) is 34.8. The molecule has 1 atom stereocenters. The largest absolute Gasteiger partial charge is 0.466 e. The molecule has 1 heterocycles. The molecular weight excluding hydrogens is 354 g/mol. The number of hydrogen-bond donors (Lipinski definition) is 1. The van der Waals surface area contributed by atoms with Crippen molar-refractivity contribution in [2.45, 2.75) is 12.8 Å². The van der Waals surface area contributed by atoms with Crippen molar-refractivity contribution in [3.8, 4) is 0 Å². The Balaban J connectivity index is 2.72. The van der Waals surface area contributed by atoms with Gasteiger partial charge in [-0.15, -0.1) is 0 Å². The summed E-state index contributed by atoms with van der Waals surface area (Å²) in [6.07, 6.45) is 0. The van der Waals surface area contributed by atoms with Crippen LogP contribution in [0.25, 0.3) is 0 Å². The van der Waals surface area contributed by atoms with Crippen molar-refractivity contribution in [2.75, 3.05) is 14.2 Å². The lowest BCUT2D eigenvalue weighted by Crippen LogP contribution is -2.35. The van der Waals surface area contributed by atoms with E-state index < -0.39 is 22.8 Å². The van der Waals surface area contributed by atoms with Crippen LogP contribution >= 0.6 is 11.6 Å². The fraction of sp³-hybridized carbons (Fsp3) is 0.267. The van der Waals surface area contributed by atoms with Gasteiger partial charge in [0.2, 0.25) is 0 Å². The van der Waals surface area contributed by atoms with Gasteiger partial charge in [0.25, 0.3) is 5.69 Å². The maximum absolute atomic E-state index is 12.2. The van der Waals surface area contributed by atoms with Crippen LogP contribution in [0.2, 0.25) is 5.02 Å². The molecule has 1 unspecified atom stereocenters. The molecule has 0 amide bonds. The van der Waals surface area contributed by atoms with Crippen LogP contribution in [0.4, 0.5) is 5.69 Å². The number of methoxy groups -OCH3 is 2. The Bertz CT molecular complexity index is 817. The van der Waals surface area contributed by atoms with Crippen LogP contribution in [0.3, 0.4) is 0 Å². The van der Waals surface area contributed by atoms with Gasteiger partial charge in [0.05, 0.1) is 30.6 Å². The van der Waals surface area contributed by atoms with Crippen LogP contribution in [-0.2, 0) is 19.1 Å². The summed E-state index contributed by atoms with van der Waals surface area (Å²) in [5.41, 5.74) is 2.69. The minimum Gasteiger partial charge on any atom is -0.466 e. The molecule has 132 valence electrons. The molecule has 0 aromatic heterocycles. The molecular formula is C15H14ClN3O6. The molecule has 9 nitrogen and oxygen atoms in total. The first kappa shape index (κ1) is 18.4. The van der Waals surface area contributed by atoms with E-state index in [9.17, 15) is 19.7 Å². The van der Waals surface area contributed by atoms with E-state index in [4.69, 9.17) is 21.1 Å². The van der Waals surface area contributed by atoms with E-state index in [1.165, 1.54) is 25.3 Å². The highest BCUT2D eigenvalue weighted by Gasteiger charge is 2.39. The predicted molar refractivity (Wildman–Crippen MR) is 88.2 cm³/mol. The van der Waals surface area contributed by atoms with Crippen molar-refractivity contribution in [2.24, 2.45) is 5.10 Å². The maximum atomic E-state index is 12.2. The van der Waals surface area contributed by atoms with Crippen LogP contribution in [0, 0.1) is 10.1 Å². The lowest BCUT2D eigenvalue weighted by molar-refractivity contribution is -0.384. The minimum atomic E-state index is -1.08. The number of nitrogens with one attached hydrogen (secondary N) is 1. The molecule has 0 spiro atoms. The summed E-state index contributed by atoms with van der Waals surface area (Å²) >= 11 is 6.18. The van der Waals surface area contributed by atoms with Crippen molar-refractivity contribution in [3.05, 3.63) is 50.2 Å². The number of halogens is 1. The van der Waals surface area contributed by atoms with Gasteiger partial charge in [0, 0.05) is 22.9 Å². The number of nitro groups is 1. The van der Waals surface area contributed by atoms with Crippen LogP contribution in [0.15, 0.2) is 34.6 Å². The highest BCUT2D eigenvalue weighted by molar-refractivity contribution is 6.41. The van der Waals surface area contributed by atoms with E-state index in [1.807, 2.05) is 0 Å². The van der Waals surface area contributed by atoms with Gasteiger partial charge in [0.15, 0.2) is 5.71 Å². The van der Waals surface area contributed by atoms with Gasteiger partial charge in [-0.25, -0.2) is 9.59 Å². The van der Waals surface area contributed by atoms with Crippen molar-refractivity contribution in [3.63, 3.8) is 0 Å². The van der Waals surface area contributed by atoms with Gasteiger partial charge in [-0.05, 0) is 18.6 Å². The highest BCUT2D eigenvalue weighted by Crippen LogP contribution is 2.37. The van der Waals surface area contributed by atoms with E-state index in [2.05, 4.69) is 10.5 Å². The van der Waals surface area contributed by atoms with Crippen molar-refractivity contribution < 1.29 is 24.0 Å². The summed E-state index contributed by atoms with van der Waals surface area (Å²) in [6, 6.07) is 3.72. The molecule has 0 radical (unpaired) electrons. The predicted octanol–water partition coefficient (Wildman–Crippen LogP) is 1.91. The summed E-state index contributed by atoms with van der Waals surface area (Å²) in [6.45, 7) is 1.56. The average Bonchev–Trinajstić information content (AvgIpc) is 2.60. The van der Waals surface area contributed by atoms with E-state index in [0.29, 0.717) is 5.70 Å². The molecule has 0 fully saturated rings. The number of carbonyl (C=O) groups excluding carboxylic acids is 2. The van der Waals surface area contributed by atoms with E-state index in [1.54, 1.807) is 6.92 Å². The second-order valence-corrected chi connectivity index (χ2v) is 5.43. The molecule has 0 aliphatic carbocycles. The third-order valence-corrected chi connectivity index (χ3v) is 3.96. The molecule has 25 heavy (non-hydrogen) atoms. The molecule has 1 aliphatic rings. The SMILES string of the molecule is COC(=O)C1=NNC(C)=C(C(=O)OC)C1c1cc([N+](=O)[O-])ccc1Cl. The van der Waals surface area contributed by atoms with Gasteiger partial charge in [-0.1, -0.05) is 11.6 Å². The number of carbonyl (C=O) groups is 2. The molecule has 10 heteroatoms. The van der Waals surface area contributed by atoms with Crippen molar-refractivity contribution in [1.82, 2.24) is 5.43 Å². The van der Waals surface area contributed by atoms with Crippen LogP contribution in [-0.4, -0.2) is 36.8 Å². The smallest absolute Gasteiger partial charge is 0.355 e. The first-order chi connectivity index (χ1) is 11.8. The van der Waals surface area contributed by atoms with E-state index in [-0.39, 0.29) is 27.6 Å². The molecule has 1 aliphatic heterocycles. The molecule has 1 aromatic rings. The summed E-state index contributed by atoms with van der Waals surface area (Å²) < 4.78 is 9.46. The topological polar surface area (TPSA) is 120 Å². The molecule has 0 saturated carbocycles. The molecule has 1 aromatic carbocycles. The normalized spacial score (nSPS) is 16.6. The number of allylic oxidation sites excluding steroid dienone is 1. The minimum absolute atomic E-state index is 0.0558. The quantitative estimate of drug-likeness (QED) is 0.490. The van der Waals surface area contributed by atoms with Crippen LogP contribution < -0.4 is 5.43 Å². The number of hydrogen-bond acceptors (Lipinski definition) is 8. The standard InChI is InChI=1S/C15H14ClN3O6/c1-7-11(14(20)24-2)12(13(18-17-7)15(21)25-3)9-6-8(19(22)23)4-5-10(9)16/h4-6,12,17H,1-3H3. The zero-order valence-electron chi connectivity index (χ0n) is 13.5. The molecule has 1 N–H and O–H groups in total. The Hall–Kier alpha value is -2.94. The third-order valence-electron chi connectivity index (χ3n) is 3.61. The lowest BCUT2D eigenvalue weighted by Gasteiger charge is -2.26. The lowest BCUT2D eigenvalue weighted by atomic mass is 9.84. The van der Waals surface area contributed by atoms with Crippen molar-refractivity contribution in [1.29, 1.82) is 0 Å². The van der Waals surface area contributed by atoms with Crippen molar-refractivity contribution >= 4 is 34.9 Å². The number of nitro benzene ring substituents is 1. The number of non-ortho nitro benzene ring substituents is 1. The van der Waals surface area contributed by atoms with E-state index >= 15 is 0 Å². The van der Waals surface area contributed by atoms with Gasteiger partial charge in [0.1, 0.15) is 0 Å². The fourth-order valence-corrected chi connectivity index (χ4v) is 2.67. The highest BCUT2D eigenvalue weighted by atomic mass is 35.5. The Labute approximate surface area is 147 Å².